The highest BCUT2D eigenvalue weighted by Crippen LogP contribution is 2.23. The van der Waals surface area contributed by atoms with E-state index in [0.717, 1.165) is 12.8 Å². The SMILES string of the molecule is CCC(CC)C(O)CNc1ccc(C(=O)O)c([N+](=O)[O-])c1. The fourth-order valence-corrected chi connectivity index (χ4v) is 2.20. The fraction of sp³-hybridized carbons (Fsp3) is 0.500. The molecule has 7 nitrogen and oxygen atoms in total. The van der Waals surface area contributed by atoms with Gasteiger partial charge in [-0.2, -0.15) is 0 Å². The lowest BCUT2D eigenvalue weighted by Gasteiger charge is -2.20. The Kier molecular flexibility index (Phi) is 6.10. The highest BCUT2D eigenvalue weighted by atomic mass is 16.6. The Morgan fingerprint density at radius 2 is 2.00 bits per heavy atom. The van der Waals surface area contributed by atoms with E-state index in [4.69, 9.17) is 5.11 Å². The molecule has 0 saturated carbocycles. The largest absolute Gasteiger partial charge is 0.477 e. The summed E-state index contributed by atoms with van der Waals surface area (Å²) in [5, 5.41) is 32.7. The summed E-state index contributed by atoms with van der Waals surface area (Å²) in [5.74, 6) is -1.18. The first-order chi connectivity index (χ1) is 9.90. The Balaban J connectivity index is 2.84. The summed E-state index contributed by atoms with van der Waals surface area (Å²) in [6.07, 6.45) is 1.13. The minimum Gasteiger partial charge on any atom is -0.477 e. The van der Waals surface area contributed by atoms with Crippen molar-refractivity contribution >= 4 is 17.3 Å². The molecule has 0 fully saturated rings. The van der Waals surface area contributed by atoms with E-state index >= 15 is 0 Å². The van der Waals surface area contributed by atoms with Crippen LogP contribution in [0.1, 0.15) is 37.0 Å². The topological polar surface area (TPSA) is 113 Å². The molecule has 0 heterocycles. The van der Waals surface area contributed by atoms with Crippen molar-refractivity contribution in [1.29, 1.82) is 0 Å². The van der Waals surface area contributed by atoms with Gasteiger partial charge in [-0.3, -0.25) is 10.1 Å². The third kappa shape index (κ3) is 4.42. The number of carboxylic acids is 1. The number of carboxylic acid groups (broad SMARTS) is 1. The van der Waals surface area contributed by atoms with Gasteiger partial charge in [-0.05, 0) is 18.1 Å². The summed E-state index contributed by atoms with van der Waals surface area (Å²) in [6.45, 7) is 4.24. The number of aliphatic hydroxyl groups is 1. The number of aromatic carboxylic acids is 1. The first kappa shape index (κ1) is 16.9. The standard InChI is InChI=1S/C14H20N2O5/c1-3-9(4-2)13(17)8-15-10-5-6-11(14(18)19)12(7-10)16(20)21/h5-7,9,13,15,17H,3-4,8H2,1-2H3,(H,18,19). The van der Waals surface area contributed by atoms with E-state index in [2.05, 4.69) is 5.32 Å². The van der Waals surface area contributed by atoms with Crippen LogP contribution in [0.5, 0.6) is 0 Å². The molecule has 0 aliphatic rings. The molecule has 0 aliphatic heterocycles. The minimum atomic E-state index is -1.34. The van der Waals surface area contributed by atoms with E-state index in [1.807, 2.05) is 13.8 Å². The molecule has 3 N–H and O–H groups in total. The molecule has 116 valence electrons. The average Bonchev–Trinajstić information content (AvgIpc) is 2.45. The lowest BCUT2D eigenvalue weighted by atomic mass is 9.96. The summed E-state index contributed by atoms with van der Waals surface area (Å²) >= 11 is 0. The van der Waals surface area contributed by atoms with E-state index in [1.165, 1.54) is 18.2 Å². The third-order valence-electron chi connectivity index (χ3n) is 3.53. The number of aliphatic hydroxyl groups excluding tert-OH is 1. The number of nitro benzene ring substituents is 1. The van der Waals surface area contributed by atoms with Crippen molar-refractivity contribution in [2.24, 2.45) is 5.92 Å². The molecule has 1 aromatic carbocycles. The van der Waals surface area contributed by atoms with Crippen LogP contribution in [0.3, 0.4) is 0 Å². The normalized spacial score (nSPS) is 12.2. The molecule has 7 heteroatoms. The smallest absolute Gasteiger partial charge is 0.342 e. The maximum absolute atomic E-state index is 10.9. The van der Waals surface area contributed by atoms with Crippen molar-refractivity contribution in [2.45, 2.75) is 32.8 Å². The predicted molar refractivity (Wildman–Crippen MR) is 78.6 cm³/mol. The number of nitro groups is 1. The van der Waals surface area contributed by atoms with E-state index in [9.17, 15) is 20.0 Å². The summed E-state index contributed by atoms with van der Waals surface area (Å²) in [6, 6.07) is 3.81. The van der Waals surface area contributed by atoms with Crippen molar-refractivity contribution < 1.29 is 19.9 Å². The van der Waals surface area contributed by atoms with Crippen LogP contribution in [-0.4, -0.2) is 33.8 Å². The lowest BCUT2D eigenvalue weighted by molar-refractivity contribution is -0.385. The predicted octanol–water partition coefficient (Wildman–Crippen LogP) is 2.50. The van der Waals surface area contributed by atoms with Crippen molar-refractivity contribution in [3.63, 3.8) is 0 Å². The maximum atomic E-state index is 10.9. The Bertz CT molecular complexity index is 514. The van der Waals surface area contributed by atoms with E-state index in [1.54, 1.807) is 0 Å². The first-order valence-electron chi connectivity index (χ1n) is 6.84. The molecule has 1 aromatic rings. The molecule has 1 rings (SSSR count). The minimum absolute atomic E-state index is 0.158. The first-order valence-corrected chi connectivity index (χ1v) is 6.84. The van der Waals surface area contributed by atoms with E-state index in [-0.39, 0.29) is 18.0 Å². The molecule has 0 aliphatic carbocycles. The van der Waals surface area contributed by atoms with Gasteiger partial charge in [-0.1, -0.05) is 26.7 Å². The van der Waals surface area contributed by atoms with Crippen molar-refractivity contribution in [3.8, 4) is 0 Å². The van der Waals surface area contributed by atoms with Gasteiger partial charge in [0.15, 0.2) is 0 Å². The highest BCUT2D eigenvalue weighted by molar-refractivity contribution is 5.93. The quantitative estimate of drug-likeness (QED) is 0.502. The van der Waals surface area contributed by atoms with Crippen molar-refractivity contribution in [2.75, 3.05) is 11.9 Å². The second-order valence-electron chi connectivity index (χ2n) is 4.82. The fourth-order valence-electron chi connectivity index (χ4n) is 2.20. The Hall–Kier alpha value is -2.15. The van der Waals surface area contributed by atoms with Gasteiger partial charge in [0, 0.05) is 18.3 Å². The molecule has 21 heavy (non-hydrogen) atoms. The van der Waals surface area contributed by atoms with Crippen LogP contribution >= 0.6 is 0 Å². The summed E-state index contributed by atoms with van der Waals surface area (Å²) in [4.78, 5) is 21.1. The third-order valence-corrected chi connectivity index (χ3v) is 3.53. The molecule has 0 radical (unpaired) electrons. The molecular formula is C14H20N2O5. The van der Waals surface area contributed by atoms with Gasteiger partial charge in [0.05, 0.1) is 11.0 Å². The second-order valence-corrected chi connectivity index (χ2v) is 4.82. The zero-order chi connectivity index (χ0) is 16.0. The zero-order valence-corrected chi connectivity index (χ0v) is 12.1. The maximum Gasteiger partial charge on any atom is 0.342 e. The average molecular weight is 296 g/mol. The Morgan fingerprint density at radius 3 is 2.48 bits per heavy atom. The second kappa shape index (κ2) is 7.58. The van der Waals surface area contributed by atoms with E-state index < -0.39 is 22.7 Å². The number of hydrogen-bond acceptors (Lipinski definition) is 5. The Labute approximate surface area is 122 Å². The number of hydrogen-bond donors (Lipinski definition) is 3. The molecule has 0 amide bonds. The number of carbonyl (C=O) groups is 1. The summed E-state index contributed by atoms with van der Waals surface area (Å²) < 4.78 is 0. The van der Waals surface area contributed by atoms with Gasteiger partial charge in [-0.25, -0.2) is 4.79 Å². The highest BCUT2D eigenvalue weighted by Gasteiger charge is 2.21. The Morgan fingerprint density at radius 1 is 1.38 bits per heavy atom. The molecule has 0 saturated heterocycles. The van der Waals surface area contributed by atoms with Crippen LogP contribution in [0.2, 0.25) is 0 Å². The van der Waals surface area contributed by atoms with Crippen LogP contribution in [0.25, 0.3) is 0 Å². The zero-order valence-electron chi connectivity index (χ0n) is 12.1. The van der Waals surface area contributed by atoms with Crippen molar-refractivity contribution in [1.82, 2.24) is 0 Å². The molecule has 1 atom stereocenters. The number of benzene rings is 1. The monoisotopic (exact) mass is 296 g/mol. The van der Waals surface area contributed by atoms with Gasteiger partial charge in [0.1, 0.15) is 5.56 Å². The molecule has 1 unspecified atom stereocenters. The molecule has 0 spiro atoms. The van der Waals surface area contributed by atoms with Gasteiger partial charge in [-0.15, -0.1) is 0 Å². The van der Waals surface area contributed by atoms with Crippen LogP contribution in [0.4, 0.5) is 11.4 Å². The molecular weight excluding hydrogens is 276 g/mol. The van der Waals surface area contributed by atoms with Gasteiger partial charge in [0.25, 0.3) is 5.69 Å². The number of rotatable bonds is 8. The number of nitrogens with zero attached hydrogens (tertiary/aromatic N) is 1. The van der Waals surface area contributed by atoms with Crippen LogP contribution in [-0.2, 0) is 0 Å². The molecule has 0 aromatic heterocycles. The number of nitrogens with one attached hydrogen (secondary N) is 1. The van der Waals surface area contributed by atoms with E-state index in [0.29, 0.717) is 5.69 Å². The lowest BCUT2D eigenvalue weighted by Crippen LogP contribution is -2.27. The van der Waals surface area contributed by atoms with Gasteiger partial charge >= 0.3 is 5.97 Å². The molecule has 0 bridgehead atoms. The van der Waals surface area contributed by atoms with Crippen LogP contribution in [0, 0.1) is 16.0 Å². The van der Waals surface area contributed by atoms with Gasteiger partial charge < -0.3 is 15.5 Å². The summed E-state index contributed by atoms with van der Waals surface area (Å²) in [7, 11) is 0. The summed E-state index contributed by atoms with van der Waals surface area (Å²) in [5.41, 5.74) is -0.410. The van der Waals surface area contributed by atoms with Gasteiger partial charge in [0.2, 0.25) is 0 Å². The van der Waals surface area contributed by atoms with Crippen LogP contribution in [0.15, 0.2) is 18.2 Å². The van der Waals surface area contributed by atoms with Crippen LogP contribution < -0.4 is 5.32 Å². The number of anilines is 1. The van der Waals surface area contributed by atoms with Crippen molar-refractivity contribution in [3.05, 3.63) is 33.9 Å².